The number of carbonyl (C=O) groups excluding carboxylic acids is 1. The number of nitrogens with zero attached hydrogens (tertiary/aromatic N) is 2. The van der Waals surface area contributed by atoms with Gasteiger partial charge in [0.2, 0.25) is 5.13 Å². The number of hydrogen-bond donors (Lipinski definition) is 1. The van der Waals surface area contributed by atoms with Crippen molar-refractivity contribution < 1.29 is 4.79 Å². The van der Waals surface area contributed by atoms with Crippen LogP contribution in [0.15, 0.2) is 28.6 Å². The van der Waals surface area contributed by atoms with E-state index >= 15 is 0 Å². The molecule has 0 atom stereocenters. The molecule has 100 valence electrons. The van der Waals surface area contributed by atoms with Crippen molar-refractivity contribution in [3.05, 3.63) is 33.4 Å². The van der Waals surface area contributed by atoms with Crippen LogP contribution in [0.5, 0.6) is 0 Å². The van der Waals surface area contributed by atoms with E-state index in [0.29, 0.717) is 15.9 Å². The average Bonchev–Trinajstić information content (AvgIpc) is 2.76. The van der Waals surface area contributed by atoms with Crippen LogP contribution in [-0.2, 0) is 0 Å². The predicted molar refractivity (Wildman–Crippen MR) is 88.0 cm³/mol. The van der Waals surface area contributed by atoms with Crippen molar-refractivity contribution in [2.75, 3.05) is 5.32 Å². The van der Waals surface area contributed by atoms with Gasteiger partial charge >= 0.3 is 0 Å². The van der Waals surface area contributed by atoms with E-state index in [9.17, 15) is 4.79 Å². The minimum atomic E-state index is -0.151. The zero-order valence-corrected chi connectivity index (χ0v) is 14.2. The SMILES string of the molecule is CC(C)Sc1nnc(NC(=O)c2ccccc2I)s1. The third kappa shape index (κ3) is 4.15. The molecule has 1 N–H and O–H groups in total. The van der Waals surface area contributed by atoms with E-state index in [1.807, 2.05) is 18.2 Å². The minimum Gasteiger partial charge on any atom is -0.296 e. The number of benzene rings is 1. The highest BCUT2D eigenvalue weighted by atomic mass is 127. The van der Waals surface area contributed by atoms with E-state index in [0.717, 1.165) is 7.91 Å². The molecule has 1 aromatic carbocycles. The number of rotatable bonds is 4. The van der Waals surface area contributed by atoms with E-state index in [2.05, 4.69) is 52.0 Å². The average molecular weight is 405 g/mol. The maximum Gasteiger partial charge on any atom is 0.258 e. The Kier molecular flexibility index (Phi) is 5.17. The van der Waals surface area contributed by atoms with Gasteiger partial charge in [-0.1, -0.05) is 49.1 Å². The summed E-state index contributed by atoms with van der Waals surface area (Å²) in [4.78, 5) is 12.1. The first kappa shape index (κ1) is 14.7. The molecular formula is C12H12IN3OS2. The number of carbonyl (C=O) groups is 1. The van der Waals surface area contributed by atoms with Crippen molar-refractivity contribution >= 4 is 56.7 Å². The first-order valence-corrected chi connectivity index (χ1v) is 8.40. The van der Waals surface area contributed by atoms with Gasteiger partial charge in [0, 0.05) is 8.82 Å². The summed E-state index contributed by atoms with van der Waals surface area (Å²) in [6.45, 7) is 4.19. The van der Waals surface area contributed by atoms with Crippen LogP contribution in [0.3, 0.4) is 0 Å². The standard InChI is InChI=1S/C12H12IN3OS2/c1-7(2)18-12-16-15-11(19-12)14-10(17)8-5-3-4-6-9(8)13/h3-7H,1-2H3,(H,14,15,17). The highest BCUT2D eigenvalue weighted by molar-refractivity contribution is 14.1. The fourth-order valence-electron chi connectivity index (χ4n) is 1.32. The summed E-state index contributed by atoms with van der Waals surface area (Å²) in [5, 5.41) is 11.8. The second kappa shape index (κ2) is 6.67. The van der Waals surface area contributed by atoms with Crippen LogP contribution in [0.4, 0.5) is 5.13 Å². The smallest absolute Gasteiger partial charge is 0.258 e. The molecule has 4 nitrogen and oxygen atoms in total. The van der Waals surface area contributed by atoms with Crippen molar-refractivity contribution in [3.63, 3.8) is 0 Å². The van der Waals surface area contributed by atoms with Gasteiger partial charge in [-0.3, -0.25) is 10.1 Å². The van der Waals surface area contributed by atoms with Crippen LogP contribution in [0, 0.1) is 3.57 Å². The Morgan fingerprint density at radius 1 is 1.37 bits per heavy atom. The number of hydrogen-bond acceptors (Lipinski definition) is 5. The largest absolute Gasteiger partial charge is 0.296 e. The van der Waals surface area contributed by atoms with E-state index in [-0.39, 0.29) is 5.91 Å². The highest BCUT2D eigenvalue weighted by Crippen LogP contribution is 2.28. The first-order valence-electron chi connectivity index (χ1n) is 5.62. The molecule has 1 heterocycles. The van der Waals surface area contributed by atoms with Crippen molar-refractivity contribution in [3.8, 4) is 0 Å². The molecule has 7 heteroatoms. The van der Waals surface area contributed by atoms with Crippen LogP contribution in [0.1, 0.15) is 24.2 Å². The molecule has 0 saturated carbocycles. The molecule has 0 aliphatic heterocycles. The van der Waals surface area contributed by atoms with Crippen molar-refractivity contribution in [2.45, 2.75) is 23.4 Å². The van der Waals surface area contributed by atoms with Crippen LogP contribution >= 0.6 is 45.7 Å². The van der Waals surface area contributed by atoms with Gasteiger partial charge < -0.3 is 0 Å². The lowest BCUT2D eigenvalue weighted by atomic mass is 10.2. The molecule has 2 aromatic rings. The fraction of sp³-hybridized carbons (Fsp3) is 0.250. The first-order chi connectivity index (χ1) is 9.06. The number of halogens is 1. The number of anilines is 1. The maximum atomic E-state index is 12.1. The monoisotopic (exact) mass is 405 g/mol. The summed E-state index contributed by atoms with van der Waals surface area (Å²) < 4.78 is 1.78. The number of thioether (sulfide) groups is 1. The van der Waals surface area contributed by atoms with Crippen LogP contribution < -0.4 is 5.32 Å². The van der Waals surface area contributed by atoms with Crippen molar-refractivity contribution in [1.82, 2.24) is 10.2 Å². The van der Waals surface area contributed by atoms with Gasteiger partial charge in [0.05, 0.1) is 5.56 Å². The van der Waals surface area contributed by atoms with E-state index in [4.69, 9.17) is 0 Å². The minimum absolute atomic E-state index is 0.151. The summed E-state index contributed by atoms with van der Waals surface area (Å²) >= 11 is 5.18. The maximum absolute atomic E-state index is 12.1. The molecule has 0 saturated heterocycles. The number of aromatic nitrogens is 2. The van der Waals surface area contributed by atoms with Gasteiger partial charge in [0.25, 0.3) is 5.91 Å². The van der Waals surface area contributed by atoms with Gasteiger partial charge in [0.1, 0.15) is 0 Å². The topological polar surface area (TPSA) is 54.9 Å². The van der Waals surface area contributed by atoms with Crippen LogP contribution in [0.2, 0.25) is 0 Å². The Balaban J connectivity index is 2.07. The lowest BCUT2D eigenvalue weighted by Crippen LogP contribution is -2.13. The third-order valence-corrected chi connectivity index (χ3v) is 4.95. The van der Waals surface area contributed by atoms with Crippen molar-refractivity contribution in [1.29, 1.82) is 0 Å². The Labute approximate surface area is 133 Å². The van der Waals surface area contributed by atoms with Gasteiger partial charge in [-0.2, -0.15) is 0 Å². The third-order valence-electron chi connectivity index (χ3n) is 2.08. The zero-order valence-electron chi connectivity index (χ0n) is 10.4. The Morgan fingerprint density at radius 2 is 2.11 bits per heavy atom. The predicted octanol–water partition coefficient (Wildman–Crippen LogP) is 3.90. The summed E-state index contributed by atoms with van der Waals surface area (Å²) in [5.41, 5.74) is 0.649. The molecule has 0 fully saturated rings. The molecule has 0 unspecified atom stereocenters. The molecule has 0 spiro atoms. The molecule has 0 radical (unpaired) electrons. The number of amides is 1. The quantitative estimate of drug-likeness (QED) is 0.476. The normalized spacial score (nSPS) is 10.7. The van der Waals surface area contributed by atoms with E-state index in [1.165, 1.54) is 11.3 Å². The lowest BCUT2D eigenvalue weighted by Gasteiger charge is -2.02. The summed E-state index contributed by atoms with van der Waals surface area (Å²) in [7, 11) is 0. The van der Waals surface area contributed by atoms with Gasteiger partial charge in [-0.25, -0.2) is 0 Å². The molecule has 1 aromatic heterocycles. The Hall–Kier alpha value is -0.670. The molecular weight excluding hydrogens is 393 g/mol. The lowest BCUT2D eigenvalue weighted by molar-refractivity contribution is 0.102. The summed E-state index contributed by atoms with van der Waals surface area (Å²) in [6.07, 6.45) is 0. The van der Waals surface area contributed by atoms with E-state index < -0.39 is 0 Å². The van der Waals surface area contributed by atoms with Crippen molar-refractivity contribution in [2.24, 2.45) is 0 Å². The van der Waals surface area contributed by atoms with E-state index in [1.54, 1.807) is 17.8 Å². The van der Waals surface area contributed by atoms with Crippen LogP contribution in [0.25, 0.3) is 0 Å². The second-order valence-electron chi connectivity index (χ2n) is 3.97. The highest BCUT2D eigenvalue weighted by Gasteiger charge is 2.13. The molecule has 2 rings (SSSR count). The number of nitrogens with one attached hydrogen (secondary N) is 1. The molecule has 0 aliphatic rings. The van der Waals surface area contributed by atoms with Gasteiger partial charge in [-0.15, -0.1) is 10.2 Å². The van der Waals surface area contributed by atoms with Gasteiger partial charge in [0.15, 0.2) is 4.34 Å². The molecule has 1 amide bonds. The summed E-state index contributed by atoms with van der Waals surface area (Å²) in [6, 6.07) is 7.44. The zero-order chi connectivity index (χ0) is 13.8. The molecule has 19 heavy (non-hydrogen) atoms. The Bertz CT molecular complexity index is 586. The summed E-state index contributed by atoms with van der Waals surface area (Å²) in [5.74, 6) is -0.151. The molecule has 0 bridgehead atoms. The fourth-order valence-corrected chi connectivity index (χ4v) is 3.92. The van der Waals surface area contributed by atoms with Gasteiger partial charge in [-0.05, 0) is 34.7 Å². The van der Waals surface area contributed by atoms with Crippen LogP contribution in [-0.4, -0.2) is 21.4 Å². The molecule has 0 aliphatic carbocycles. The Morgan fingerprint density at radius 3 is 2.79 bits per heavy atom. The second-order valence-corrected chi connectivity index (χ2v) is 7.94.